The van der Waals surface area contributed by atoms with E-state index in [4.69, 9.17) is 5.73 Å². The Kier molecular flexibility index (Phi) is 8.74. The number of benzene rings is 3. The van der Waals surface area contributed by atoms with E-state index >= 15 is 0 Å². The fourth-order valence-electron chi connectivity index (χ4n) is 4.83. The van der Waals surface area contributed by atoms with Crippen LogP contribution >= 0.6 is 0 Å². The van der Waals surface area contributed by atoms with Gasteiger partial charge in [0.15, 0.2) is 0 Å². The van der Waals surface area contributed by atoms with E-state index in [2.05, 4.69) is 16.1 Å². The smallest absolute Gasteiger partial charge is 0.240 e. The van der Waals surface area contributed by atoms with Gasteiger partial charge in [0.05, 0.1) is 10.9 Å². The number of hydrogen-bond acceptors (Lipinski definition) is 4. The average Bonchev–Trinajstić information content (AvgIpc) is 2.89. The van der Waals surface area contributed by atoms with Gasteiger partial charge in [0.1, 0.15) is 5.82 Å². The van der Waals surface area contributed by atoms with Crippen LogP contribution in [0.5, 0.6) is 0 Å². The SMILES string of the molecule is C[C@@H](NC(=O)[C@H]1CC[C@H](NS(=O)(=O)c2ccc(-c3cccc(CCN)c3)cc2)CC1)c1ccc(F)cc1. The largest absolute Gasteiger partial charge is 0.349 e. The van der Waals surface area contributed by atoms with Crippen LogP contribution in [0.1, 0.15) is 49.8 Å². The molecule has 0 aromatic heterocycles. The van der Waals surface area contributed by atoms with Gasteiger partial charge in [-0.25, -0.2) is 17.5 Å². The van der Waals surface area contributed by atoms with Crippen molar-refractivity contribution in [2.75, 3.05) is 6.54 Å². The Morgan fingerprint density at radius 3 is 2.30 bits per heavy atom. The summed E-state index contributed by atoms with van der Waals surface area (Å²) < 4.78 is 42.0. The van der Waals surface area contributed by atoms with Crippen LogP contribution in [-0.2, 0) is 21.2 Å². The van der Waals surface area contributed by atoms with Crippen molar-refractivity contribution in [1.29, 1.82) is 0 Å². The summed E-state index contributed by atoms with van der Waals surface area (Å²) in [6.45, 7) is 2.45. The van der Waals surface area contributed by atoms with Crippen molar-refractivity contribution < 1.29 is 17.6 Å². The van der Waals surface area contributed by atoms with E-state index in [1.807, 2.05) is 37.3 Å². The summed E-state index contributed by atoms with van der Waals surface area (Å²) in [4.78, 5) is 13.0. The van der Waals surface area contributed by atoms with Gasteiger partial charge in [-0.05, 0) is 92.1 Å². The third kappa shape index (κ3) is 7.03. The number of rotatable bonds is 9. The van der Waals surface area contributed by atoms with Gasteiger partial charge < -0.3 is 11.1 Å². The first-order chi connectivity index (χ1) is 17.7. The van der Waals surface area contributed by atoms with Gasteiger partial charge in [-0.15, -0.1) is 0 Å². The molecular weight excluding hydrogens is 489 g/mol. The van der Waals surface area contributed by atoms with E-state index in [0.717, 1.165) is 28.7 Å². The van der Waals surface area contributed by atoms with Crippen molar-refractivity contribution in [3.63, 3.8) is 0 Å². The lowest BCUT2D eigenvalue weighted by Gasteiger charge is -2.29. The molecule has 1 fully saturated rings. The summed E-state index contributed by atoms with van der Waals surface area (Å²) in [5.41, 5.74) is 9.61. The molecule has 4 N–H and O–H groups in total. The minimum Gasteiger partial charge on any atom is -0.349 e. The van der Waals surface area contributed by atoms with Crippen LogP contribution in [0.3, 0.4) is 0 Å². The van der Waals surface area contributed by atoms with Crippen LogP contribution < -0.4 is 15.8 Å². The van der Waals surface area contributed by atoms with Crippen molar-refractivity contribution in [3.05, 3.63) is 89.7 Å². The number of carbonyl (C=O) groups excluding carboxylic acids is 1. The Labute approximate surface area is 218 Å². The van der Waals surface area contributed by atoms with Gasteiger partial charge in [0.2, 0.25) is 15.9 Å². The molecule has 3 aromatic rings. The Bertz CT molecular complexity index is 1300. The van der Waals surface area contributed by atoms with Gasteiger partial charge in [-0.3, -0.25) is 4.79 Å². The number of halogens is 1. The molecule has 4 rings (SSSR count). The van der Waals surface area contributed by atoms with Gasteiger partial charge >= 0.3 is 0 Å². The molecule has 0 bridgehead atoms. The monoisotopic (exact) mass is 523 g/mol. The Balaban J connectivity index is 1.30. The Hall–Kier alpha value is -3.07. The lowest BCUT2D eigenvalue weighted by atomic mass is 9.85. The maximum absolute atomic E-state index is 13.2. The molecular formula is C29H34FN3O3S. The first-order valence-corrected chi connectivity index (χ1v) is 14.2. The molecule has 8 heteroatoms. The molecule has 6 nitrogen and oxygen atoms in total. The van der Waals surface area contributed by atoms with Crippen molar-refractivity contribution in [2.24, 2.45) is 11.7 Å². The van der Waals surface area contributed by atoms with E-state index < -0.39 is 10.0 Å². The highest BCUT2D eigenvalue weighted by atomic mass is 32.2. The average molecular weight is 524 g/mol. The highest BCUT2D eigenvalue weighted by molar-refractivity contribution is 7.89. The molecule has 1 aliphatic carbocycles. The number of hydrogen-bond donors (Lipinski definition) is 3. The standard InChI is InChI=1S/C29H34FN3O3S/c1-20(22-5-11-26(30)12-6-22)32-29(34)24-7-13-27(14-8-24)33-37(35,36)28-15-9-23(10-16-28)25-4-2-3-21(19-25)17-18-31/h2-6,9-12,15-16,19-20,24,27,33H,7-8,13-14,17-18,31H2,1H3,(H,32,34)/t20-,24-,27-/m1/s1. The van der Waals surface area contributed by atoms with E-state index in [9.17, 15) is 17.6 Å². The quantitative estimate of drug-likeness (QED) is 0.378. The molecule has 37 heavy (non-hydrogen) atoms. The summed E-state index contributed by atoms with van der Waals surface area (Å²) in [5.74, 6) is -0.533. The summed E-state index contributed by atoms with van der Waals surface area (Å²) in [5, 5.41) is 3.00. The first-order valence-electron chi connectivity index (χ1n) is 12.7. The second-order valence-corrected chi connectivity index (χ2v) is 11.4. The minimum absolute atomic E-state index is 0.0516. The zero-order chi connectivity index (χ0) is 26.4. The fourth-order valence-corrected chi connectivity index (χ4v) is 6.13. The first kappa shape index (κ1) is 27.0. The molecule has 0 aliphatic heterocycles. The summed E-state index contributed by atoms with van der Waals surface area (Å²) in [7, 11) is -3.67. The van der Waals surface area contributed by atoms with Crippen molar-refractivity contribution in [2.45, 2.75) is 56.0 Å². The van der Waals surface area contributed by atoms with E-state index in [0.29, 0.717) is 32.2 Å². The van der Waals surface area contributed by atoms with Crippen molar-refractivity contribution in [1.82, 2.24) is 10.0 Å². The lowest BCUT2D eigenvalue weighted by Crippen LogP contribution is -2.41. The number of nitrogens with two attached hydrogens (primary N) is 1. The number of amides is 1. The Morgan fingerprint density at radius 1 is 0.973 bits per heavy atom. The third-order valence-electron chi connectivity index (χ3n) is 7.01. The van der Waals surface area contributed by atoms with Crippen LogP contribution in [0.2, 0.25) is 0 Å². The summed E-state index contributed by atoms with van der Waals surface area (Å²) in [6, 6.07) is 20.6. The molecule has 0 spiro atoms. The molecule has 3 aromatic carbocycles. The molecule has 0 radical (unpaired) electrons. The zero-order valence-electron chi connectivity index (χ0n) is 21.0. The van der Waals surface area contributed by atoms with Gasteiger partial charge in [0.25, 0.3) is 0 Å². The number of nitrogens with one attached hydrogen (secondary N) is 2. The second kappa shape index (κ2) is 12.0. The van der Waals surface area contributed by atoms with Crippen LogP contribution in [0, 0.1) is 11.7 Å². The second-order valence-electron chi connectivity index (χ2n) is 9.72. The highest BCUT2D eigenvalue weighted by Gasteiger charge is 2.29. The minimum atomic E-state index is -3.67. The number of sulfonamides is 1. The highest BCUT2D eigenvalue weighted by Crippen LogP contribution is 2.28. The molecule has 1 amide bonds. The van der Waals surface area contributed by atoms with Gasteiger partial charge in [0, 0.05) is 12.0 Å². The van der Waals surface area contributed by atoms with Crippen LogP contribution in [0.4, 0.5) is 4.39 Å². The lowest BCUT2D eigenvalue weighted by molar-refractivity contribution is -0.126. The molecule has 0 saturated heterocycles. The molecule has 0 heterocycles. The molecule has 0 unspecified atom stereocenters. The van der Waals surface area contributed by atoms with E-state index in [1.165, 1.54) is 12.1 Å². The number of carbonyl (C=O) groups is 1. The van der Waals surface area contributed by atoms with Gasteiger partial charge in [-0.1, -0.05) is 48.5 Å². The topological polar surface area (TPSA) is 101 Å². The molecule has 1 saturated carbocycles. The summed E-state index contributed by atoms with van der Waals surface area (Å²) in [6.07, 6.45) is 3.18. The molecule has 196 valence electrons. The van der Waals surface area contributed by atoms with Crippen LogP contribution in [0.15, 0.2) is 77.7 Å². The van der Waals surface area contributed by atoms with Crippen molar-refractivity contribution >= 4 is 15.9 Å². The third-order valence-corrected chi connectivity index (χ3v) is 8.54. The summed E-state index contributed by atoms with van der Waals surface area (Å²) >= 11 is 0. The predicted octanol–water partition coefficient (Wildman–Crippen LogP) is 4.71. The van der Waals surface area contributed by atoms with Crippen molar-refractivity contribution in [3.8, 4) is 11.1 Å². The Morgan fingerprint density at radius 2 is 1.65 bits per heavy atom. The molecule has 1 atom stereocenters. The molecule has 1 aliphatic rings. The van der Waals surface area contributed by atoms with Gasteiger partial charge in [-0.2, -0.15) is 0 Å². The zero-order valence-corrected chi connectivity index (χ0v) is 21.8. The fraction of sp³-hybridized carbons (Fsp3) is 0.345. The van der Waals surface area contributed by atoms with E-state index in [-0.39, 0.29) is 34.6 Å². The predicted molar refractivity (Wildman–Crippen MR) is 144 cm³/mol. The van der Waals surface area contributed by atoms with Crippen LogP contribution in [0.25, 0.3) is 11.1 Å². The van der Waals surface area contributed by atoms with Crippen LogP contribution in [-0.4, -0.2) is 26.9 Å². The normalized spacial score (nSPS) is 18.8. The maximum Gasteiger partial charge on any atom is 0.240 e. The van der Waals surface area contributed by atoms with E-state index in [1.54, 1.807) is 24.3 Å². The maximum atomic E-state index is 13.2.